The number of nitrogens with two attached hydrogens (primary N) is 2. The fourth-order valence-electron chi connectivity index (χ4n) is 3.50. The molecule has 6 amide bonds. The van der Waals surface area contributed by atoms with E-state index in [0.717, 1.165) is 29.2 Å². The molecule has 0 fully saturated rings. The average Bonchev–Trinajstić information content (AvgIpc) is 2.99. The first kappa shape index (κ1) is 39.8. The van der Waals surface area contributed by atoms with Gasteiger partial charge in [-0.2, -0.15) is 0 Å². The first-order valence-corrected chi connectivity index (χ1v) is 16.5. The third-order valence-electron chi connectivity index (χ3n) is 6.07. The van der Waals surface area contributed by atoms with Gasteiger partial charge in [0.15, 0.2) is 0 Å². The van der Waals surface area contributed by atoms with Crippen LogP contribution >= 0.6 is 21.6 Å². The zero-order chi connectivity index (χ0) is 34.6. The number of hydrogen-bond donors (Lipinski definition) is 9. The van der Waals surface area contributed by atoms with Crippen LogP contribution in [0, 0.1) is 5.92 Å². The molecule has 1 rings (SSSR count). The Morgan fingerprint density at radius 1 is 0.935 bits per heavy atom. The number of hydrogen-bond acceptors (Lipinski definition) is 12. The summed E-state index contributed by atoms with van der Waals surface area (Å²) in [5.74, 6) is -4.97. The number of hydrazine groups is 1. The minimum atomic E-state index is -1.58. The highest BCUT2D eigenvalue weighted by molar-refractivity contribution is 8.76. The van der Waals surface area contributed by atoms with Crippen LogP contribution in [0.3, 0.4) is 0 Å². The summed E-state index contributed by atoms with van der Waals surface area (Å²) in [6, 6.07) is 2.75. The van der Waals surface area contributed by atoms with Crippen LogP contribution in [0.4, 0.5) is 4.79 Å². The highest BCUT2D eigenvalue weighted by Crippen LogP contribution is 2.22. The molecule has 0 spiro atoms. The molecule has 46 heavy (non-hydrogen) atoms. The first-order valence-electron chi connectivity index (χ1n) is 14.1. The maximum Gasteiger partial charge on any atom is 0.426 e. The first-order chi connectivity index (χ1) is 21.7. The van der Waals surface area contributed by atoms with Crippen molar-refractivity contribution in [3.8, 4) is 5.75 Å². The third-order valence-corrected chi connectivity index (χ3v) is 8.45. The summed E-state index contributed by atoms with van der Waals surface area (Å²) in [5.41, 5.74) is 16.5. The molecule has 0 aliphatic carbocycles. The van der Waals surface area contributed by atoms with Crippen molar-refractivity contribution in [1.82, 2.24) is 26.8 Å². The van der Waals surface area contributed by atoms with Crippen LogP contribution in [-0.2, 0) is 39.9 Å². The van der Waals surface area contributed by atoms with Gasteiger partial charge < -0.3 is 42.4 Å². The minimum Gasteiger partial charge on any atom is -0.508 e. The summed E-state index contributed by atoms with van der Waals surface area (Å²) in [6.45, 7) is 2.64. The van der Waals surface area contributed by atoms with E-state index in [2.05, 4.69) is 26.8 Å². The predicted octanol–water partition coefficient (Wildman–Crippen LogP) is -1.12. The number of phenols is 1. The Balaban J connectivity index is 2.36. The van der Waals surface area contributed by atoms with Crippen LogP contribution in [0.2, 0.25) is 0 Å². The zero-order valence-corrected chi connectivity index (χ0v) is 27.0. The summed E-state index contributed by atoms with van der Waals surface area (Å²) >= 11 is 0. The monoisotopic (exact) mass is 687 g/mol. The van der Waals surface area contributed by atoms with Gasteiger partial charge in [-0.3, -0.25) is 34.2 Å². The van der Waals surface area contributed by atoms with Gasteiger partial charge in [0.25, 0.3) is 0 Å². The molecule has 0 aromatic heterocycles. The van der Waals surface area contributed by atoms with Crippen molar-refractivity contribution in [2.45, 2.75) is 57.7 Å². The minimum absolute atomic E-state index is 0.0333. The van der Waals surface area contributed by atoms with Crippen LogP contribution in [0.15, 0.2) is 24.3 Å². The highest BCUT2D eigenvalue weighted by Gasteiger charge is 2.29. The fraction of sp³-hybridized carbons (Fsp3) is 0.519. The lowest BCUT2D eigenvalue weighted by atomic mass is 10.0. The molecular weight excluding hydrogens is 646 g/mol. The molecule has 0 saturated carbocycles. The second-order valence-corrected chi connectivity index (χ2v) is 12.6. The van der Waals surface area contributed by atoms with E-state index in [9.17, 15) is 38.7 Å². The molecule has 0 aliphatic heterocycles. The zero-order valence-electron chi connectivity index (χ0n) is 25.4. The highest BCUT2D eigenvalue weighted by atomic mass is 33.1. The molecule has 1 aromatic rings. The Bertz CT molecular complexity index is 1210. The van der Waals surface area contributed by atoms with Crippen LogP contribution in [0.1, 0.15) is 38.7 Å². The van der Waals surface area contributed by atoms with E-state index in [0.29, 0.717) is 6.42 Å². The van der Waals surface area contributed by atoms with Gasteiger partial charge in [-0.15, -0.1) is 0 Å². The number of phenolic OH excluding ortho intramolecular Hbond substituents is 1. The summed E-state index contributed by atoms with van der Waals surface area (Å²) in [5, 5.41) is 25.3. The Labute approximate surface area is 273 Å². The van der Waals surface area contributed by atoms with Crippen LogP contribution in [0.25, 0.3) is 0 Å². The molecule has 0 aliphatic rings. The number of primary amides is 1. The molecule has 4 atom stereocenters. The average molecular weight is 688 g/mol. The number of rotatable bonds is 20. The van der Waals surface area contributed by atoms with Gasteiger partial charge in [-0.05, 0) is 37.0 Å². The second-order valence-electron chi connectivity index (χ2n) is 9.98. The van der Waals surface area contributed by atoms with Crippen LogP contribution in [0.5, 0.6) is 5.75 Å². The smallest absolute Gasteiger partial charge is 0.426 e. The van der Waals surface area contributed by atoms with Crippen molar-refractivity contribution >= 4 is 63.2 Å². The molecule has 0 saturated heterocycles. The standard InChI is InChI=1S/C27H41N7O10S2/c1-15(4-3-5-17-6-8-18(36)9-7-17)24(40)33-34-27(43)44-10-11-45-46-14-21(23(29)39)32-26(42)20(12-22(37)38)31-25(41)19(28)13-30-16(2)35/h6-9,15,19-21,36H,3-5,10-14,28H2,1-2H3,(H2,29,39)(H,30,35)(H,31,41)(H,32,42)(H,33,40)(H,34,43)(H,37,38)/t15-,19-,20-,21-/m0/s1. The van der Waals surface area contributed by atoms with Gasteiger partial charge in [0.1, 0.15) is 30.5 Å². The van der Waals surface area contributed by atoms with Gasteiger partial charge in [0, 0.05) is 30.9 Å². The summed E-state index contributed by atoms with van der Waals surface area (Å²) in [6.07, 6.45) is 0.357. The van der Waals surface area contributed by atoms with E-state index in [1.54, 1.807) is 19.1 Å². The summed E-state index contributed by atoms with van der Waals surface area (Å²) in [4.78, 5) is 83.1. The summed E-state index contributed by atoms with van der Waals surface area (Å²) < 4.78 is 4.98. The number of amides is 6. The van der Waals surface area contributed by atoms with E-state index in [4.69, 9.17) is 21.3 Å². The maximum atomic E-state index is 12.7. The van der Waals surface area contributed by atoms with Gasteiger partial charge >= 0.3 is 12.1 Å². The molecule has 256 valence electrons. The quantitative estimate of drug-likeness (QED) is 0.0447. The van der Waals surface area contributed by atoms with E-state index in [1.807, 2.05) is 12.1 Å². The third kappa shape index (κ3) is 17.3. The normalized spacial score (nSPS) is 13.2. The number of benzene rings is 1. The lowest BCUT2D eigenvalue weighted by molar-refractivity contribution is -0.141. The lowest BCUT2D eigenvalue weighted by Gasteiger charge is -2.22. The number of carboxylic acids is 1. The van der Waals surface area contributed by atoms with Crippen molar-refractivity contribution in [3.63, 3.8) is 0 Å². The molecule has 19 heteroatoms. The number of aryl methyl sites for hydroxylation is 1. The molecule has 17 nitrogen and oxygen atoms in total. The van der Waals surface area contributed by atoms with Crippen molar-refractivity contribution in [2.24, 2.45) is 17.4 Å². The SMILES string of the molecule is CC(=O)NC[C@H](N)C(=O)N[C@@H](CC(=O)O)C(=O)N[C@@H](CSSCCOC(=O)NNC(=O)[C@@H](C)CCCc1ccc(O)cc1)C(N)=O. The van der Waals surface area contributed by atoms with Crippen molar-refractivity contribution in [2.75, 3.05) is 24.7 Å². The van der Waals surface area contributed by atoms with Gasteiger partial charge in [0.2, 0.25) is 29.5 Å². The number of ether oxygens (including phenoxy) is 1. The Morgan fingerprint density at radius 3 is 2.20 bits per heavy atom. The molecule has 0 radical (unpaired) electrons. The Morgan fingerprint density at radius 2 is 1.59 bits per heavy atom. The molecule has 0 heterocycles. The number of carbonyl (C=O) groups excluding carboxylic acids is 6. The Hall–Kier alpha value is -4.23. The topological polar surface area (TPSA) is 281 Å². The Kier molecular flexibility index (Phi) is 18.6. The fourth-order valence-corrected chi connectivity index (χ4v) is 5.50. The van der Waals surface area contributed by atoms with Crippen molar-refractivity contribution in [3.05, 3.63) is 29.8 Å². The van der Waals surface area contributed by atoms with E-state index in [1.165, 1.54) is 17.7 Å². The van der Waals surface area contributed by atoms with Crippen LogP contribution in [-0.4, -0.2) is 94.6 Å². The second kappa shape index (κ2) is 21.5. The molecule has 0 unspecified atom stereocenters. The number of carbonyl (C=O) groups is 7. The van der Waals surface area contributed by atoms with Crippen molar-refractivity contribution in [1.29, 1.82) is 0 Å². The van der Waals surface area contributed by atoms with Gasteiger partial charge in [0.05, 0.1) is 6.42 Å². The molecular formula is C27H41N7O10S2. The van der Waals surface area contributed by atoms with E-state index >= 15 is 0 Å². The largest absolute Gasteiger partial charge is 0.508 e. The lowest BCUT2D eigenvalue weighted by Crippen LogP contribution is -2.57. The maximum absolute atomic E-state index is 12.7. The van der Waals surface area contributed by atoms with Crippen LogP contribution < -0.4 is 38.3 Å². The van der Waals surface area contributed by atoms with E-state index in [-0.39, 0.29) is 42.2 Å². The number of nitrogens with one attached hydrogen (secondary N) is 5. The number of aromatic hydroxyl groups is 1. The van der Waals surface area contributed by atoms with Crippen molar-refractivity contribution < 1.29 is 48.5 Å². The predicted molar refractivity (Wildman–Crippen MR) is 170 cm³/mol. The number of carboxylic acid groups (broad SMARTS) is 1. The molecule has 0 bridgehead atoms. The number of aliphatic carboxylic acids is 1. The molecule has 1 aromatic carbocycles. The van der Waals surface area contributed by atoms with E-state index < -0.39 is 60.2 Å². The summed E-state index contributed by atoms with van der Waals surface area (Å²) in [7, 11) is 2.29. The molecule has 11 N–H and O–H groups in total. The van der Waals surface area contributed by atoms with Gasteiger partial charge in [-0.25, -0.2) is 10.2 Å². The van der Waals surface area contributed by atoms with Gasteiger partial charge in [-0.1, -0.05) is 40.6 Å².